The van der Waals surface area contributed by atoms with Crippen LogP contribution in [0.4, 0.5) is 0 Å². The Labute approximate surface area is 98.2 Å². The molecule has 9 atom stereocenters. The molecule has 16 heavy (non-hydrogen) atoms. The highest BCUT2D eigenvalue weighted by Gasteiger charge is 2.89. The zero-order chi connectivity index (χ0) is 10.5. The van der Waals surface area contributed by atoms with Gasteiger partial charge in [0, 0.05) is 0 Å². The Morgan fingerprint density at radius 1 is 1.06 bits per heavy atom. The van der Waals surface area contributed by atoms with E-state index < -0.39 is 0 Å². The zero-order valence-electron chi connectivity index (χ0n) is 10.5. The molecule has 86 valence electrons. The molecule has 0 heteroatoms. The molecule has 0 aromatic heterocycles. The van der Waals surface area contributed by atoms with E-state index in [0.717, 1.165) is 22.2 Å². The van der Waals surface area contributed by atoms with Crippen molar-refractivity contribution >= 4 is 0 Å². The third kappa shape index (κ3) is 0.444. The van der Waals surface area contributed by atoms with Gasteiger partial charge in [0.25, 0.3) is 0 Å². The van der Waals surface area contributed by atoms with E-state index in [0.29, 0.717) is 0 Å². The minimum Gasteiger partial charge on any atom is -0.0591 e. The summed E-state index contributed by atoms with van der Waals surface area (Å²) in [5, 5.41) is 0. The fourth-order valence-electron chi connectivity index (χ4n) is 9.26. The van der Waals surface area contributed by atoms with Crippen molar-refractivity contribution in [2.24, 2.45) is 51.8 Å². The first-order chi connectivity index (χ1) is 7.61. The summed E-state index contributed by atoms with van der Waals surface area (Å²) < 4.78 is 0. The third-order valence-electron chi connectivity index (χ3n) is 9.17. The largest absolute Gasteiger partial charge is 0.0591 e. The molecule has 0 amide bonds. The molecule has 0 aromatic rings. The number of hydrogen-bond acceptors (Lipinski definition) is 0. The van der Waals surface area contributed by atoms with Crippen LogP contribution in [0.25, 0.3) is 0 Å². The minimum absolute atomic E-state index is 0.804. The lowest BCUT2D eigenvalue weighted by molar-refractivity contribution is -0.283. The summed E-state index contributed by atoms with van der Waals surface area (Å²) in [7, 11) is 0. The molecule has 7 aliphatic carbocycles. The highest BCUT2D eigenvalue weighted by atomic mass is 14.9. The fourth-order valence-corrected chi connectivity index (χ4v) is 9.26. The van der Waals surface area contributed by atoms with Gasteiger partial charge in [0.2, 0.25) is 0 Å². The van der Waals surface area contributed by atoms with Gasteiger partial charge in [0.1, 0.15) is 0 Å². The first-order valence-electron chi connectivity index (χ1n) is 7.61. The van der Waals surface area contributed by atoms with Gasteiger partial charge in [-0.3, -0.25) is 0 Å². The maximum Gasteiger partial charge on any atom is -0.0222 e. The first-order valence-corrected chi connectivity index (χ1v) is 7.61. The van der Waals surface area contributed by atoms with Crippen molar-refractivity contribution in [3.8, 4) is 0 Å². The molecule has 0 heterocycles. The molecule has 0 nitrogen and oxygen atoms in total. The molecular formula is C16H22. The van der Waals surface area contributed by atoms with Gasteiger partial charge in [-0.05, 0) is 83.9 Å². The molecule has 1 spiro atoms. The Balaban J connectivity index is 1.71. The van der Waals surface area contributed by atoms with Crippen molar-refractivity contribution in [3.63, 3.8) is 0 Å². The van der Waals surface area contributed by atoms with E-state index in [4.69, 9.17) is 0 Å². The monoisotopic (exact) mass is 214 g/mol. The van der Waals surface area contributed by atoms with Crippen molar-refractivity contribution in [1.82, 2.24) is 0 Å². The van der Waals surface area contributed by atoms with Crippen LogP contribution in [-0.4, -0.2) is 0 Å². The molecule has 0 N–H and O–H groups in total. The molecular weight excluding hydrogens is 192 g/mol. The minimum atomic E-state index is 0.804. The normalized spacial score (nSPS) is 84.4. The second kappa shape index (κ2) is 1.75. The Morgan fingerprint density at radius 2 is 1.94 bits per heavy atom. The molecule has 7 saturated carbocycles. The van der Waals surface area contributed by atoms with Gasteiger partial charge in [0.05, 0.1) is 0 Å². The maximum absolute atomic E-state index is 2.70. The van der Waals surface area contributed by atoms with E-state index in [1.165, 1.54) is 29.6 Å². The highest BCUT2D eigenvalue weighted by Crippen LogP contribution is 2.95. The summed E-state index contributed by atoms with van der Waals surface area (Å²) in [6.07, 6.45) is 8.17. The van der Waals surface area contributed by atoms with Crippen LogP contribution in [0.1, 0.15) is 46.0 Å². The van der Waals surface area contributed by atoms with Crippen LogP contribution < -0.4 is 0 Å². The standard InChI is InChI=1S/C16H22/c1-14-6-8-5-10(14)11-12-9-3-4-16(12,13(11)14)7-15(8,9)2/h8-13H,3-7H2,1-2H3. The Bertz CT molecular complexity index is 439. The van der Waals surface area contributed by atoms with E-state index in [-0.39, 0.29) is 0 Å². The predicted molar refractivity (Wildman–Crippen MR) is 62.7 cm³/mol. The summed E-state index contributed by atoms with van der Waals surface area (Å²) in [5.41, 5.74) is 2.54. The lowest BCUT2D eigenvalue weighted by Crippen LogP contribution is -2.71. The van der Waals surface area contributed by atoms with Crippen LogP contribution >= 0.6 is 0 Å². The van der Waals surface area contributed by atoms with Gasteiger partial charge in [-0.15, -0.1) is 0 Å². The Hall–Kier alpha value is 0. The van der Waals surface area contributed by atoms with Crippen LogP contribution in [0.3, 0.4) is 0 Å². The lowest BCUT2D eigenvalue weighted by atomic mass is 9.29. The Morgan fingerprint density at radius 3 is 2.81 bits per heavy atom. The van der Waals surface area contributed by atoms with Crippen molar-refractivity contribution in [3.05, 3.63) is 0 Å². The average molecular weight is 214 g/mol. The van der Waals surface area contributed by atoms with E-state index in [1.807, 2.05) is 0 Å². The van der Waals surface area contributed by atoms with Crippen LogP contribution in [0, 0.1) is 51.8 Å². The molecule has 7 rings (SSSR count). The van der Waals surface area contributed by atoms with Gasteiger partial charge in [-0.2, -0.15) is 0 Å². The van der Waals surface area contributed by atoms with Gasteiger partial charge < -0.3 is 0 Å². The molecule has 0 saturated heterocycles. The zero-order valence-corrected chi connectivity index (χ0v) is 10.5. The average Bonchev–Trinajstić information content (AvgIpc) is 2.68. The summed E-state index contributed by atoms with van der Waals surface area (Å²) in [6.45, 7) is 5.39. The summed E-state index contributed by atoms with van der Waals surface area (Å²) >= 11 is 0. The first kappa shape index (κ1) is 8.16. The Kier molecular flexibility index (Phi) is 0.892. The molecule has 9 unspecified atom stereocenters. The summed E-state index contributed by atoms with van der Waals surface area (Å²) in [5.74, 6) is 7.15. The molecule has 7 aliphatic rings. The smallest absolute Gasteiger partial charge is 0.0222 e. The third-order valence-corrected chi connectivity index (χ3v) is 9.17. The molecule has 0 radical (unpaired) electrons. The summed E-state index contributed by atoms with van der Waals surface area (Å²) in [4.78, 5) is 0. The fraction of sp³-hybridized carbons (Fsp3) is 1.00. The van der Waals surface area contributed by atoms with Crippen molar-refractivity contribution in [2.45, 2.75) is 46.0 Å². The number of rotatable bonds is 0. The van der Waals surface area contributed by atoms with Crippen molar-refractivity contribution in [1.29, 1.82) is 0 Å². The van der Waals surface area contributed by atoms with Crippen molar-refractivity contribution in [2.75, 3.05) is 0 Å². The quantitative estimate of drug-likeness (QED) is 0.576. The molecule has 0 aliphatic heterocycles. The van der Waals surface area contributed by atoms with Crippen LogP contribution in [-0.2, 0) is 0 Å². The molecule has 7 fully saturated rings. The second-order valence-corrected chi connectivity index (χ2v) is 8.89. The molecule has 7 bridgehead atoms. The van der Waals surface area contributed by atoms with Crippen LogP contribution in [0.2, 0.25) is 0 Å². The van der Waals surface area contributed by atoms with E-state index >= 15 is 0 Å². The predicted octanol–water partition coefficient (Wildman–Crippen LogP) is 3.71. The summed E-state index contributed by atoms with van der Waals surface area (Å²) in [6, 6.07) is 0. The van der Waals surface area contributed by atoms with Gasteiger partial charge in [-0.1, -0.05) is 13.8 Å². The lowest BCUT2D eigenvalue weighted by Gasteiger charge is -2.75. The molecule has 0 aromatic carbocycles. The van der Waals surface area contributed by atoms with E-state index in [1.54, 1.807) is 32.1 Å². The highest BCUT2D eigenvalue weighted by molar-refractivity contribution is 5.37. The maximum atomic E-state index is 2.70. The number of hydrogen-bond donors (Lipinski definition) is 0. The van der Waals surface area contributed by atoms with Crippen molar-refractivity contribution < 1.29 is 0 Å². The van der Waals surface area contributed by atoms with E-state index in [9.17, 15) is 0 Å². The van der Waals surface area contributed by atoms with E-state index in [2.05, 4.69) is 13.8 Å². The SMILES string of the molecule is CC12CC34CCC1C3C1C3CC2CC3(C)C14. The van der Waals surface area contributed by atoms with Crippen LogP contribution in [0.5, 0.6) is 0 Å². The topological polar surface area (TPSA) is 0 Å². The van der Waals surface area contributed by atoms with Crippen LogP contribution in [0.15, 0.2) is 0 Å². The second-order valence-electron chi connectivity index (χ2n) is 8.89. The van der Waals surface area contributed by atoms with Gasteiger partial charge >= 0.3 is 0 Å². The van der Waals surface area contributed by atoms with Gasteiger partial charge in [0.15, 0.2) is 0 Å². The van der Waals surface area contributed by atoms with Gasteiger partial charge in [-0.25, -0.2) is 0 Å².